The second-order valence-electron chi connectivity index (χ2n) is 13.2. The normalized spacial score (nSPS) is 10.8. The quantitative estimate of drug-likeness (QED) is 0.153. The highest BCUT2D eigenvalue weighted by Crippen LogP contribution is 2.41. The number of nitrogens with zero attached hydrogens (tertiary/aromatic N) is 7. The average Bonchev–Trinajstić information content (AvgIpc) is 3.60. The Morgan fingerprint density at radius 3 is 1.68 bits per heavy atom. The predicted molar refractivity (Wildman–Crippen MR) is 223 cm³/mol. The van der Waals surface area contributed by atoms with Crippen molar-refractivity contribution in [2.24, 2.45) is 0 Å². The SMILES string of the molecule is [C-]#[N+]c1cc(-c2cc(-c3ccc(C#N)cc3)nc(-c3ccc(C#N)cc3)n2)ccc1-n1c2ccccc2c2cc(N(c3ccccc3)c3ccccc3)ccc21. The molecule has 9 aromatic rings. The zero-order valence-electron chi connectivity index (χ0n) is 29.9. The third-order valence-corrected chi connectivity index (χ3v) is 9.88. The highest BCUT2D eigenvalue weighted by molar-refractivity contribution is 6.11. The van der Waals surface area contributed by atoms with E-state index in [2.05, 4.69) is 87.1 Å². The van der Waals surface area contributed by atoms with Crippen molar-refractivity contribution in [3.63, 3.8) is 0 Å². The molecular formula is C49H29N7. The molecule has 0 saturated heterocycles. The number of benzene rings is 7. The smallest absolute Gasteiger partial charge is 0.211 e. The van der Waals surface area contributed by atoms with E-state index in [0.717, 1.165) is 61.2 Å². The molecule has 0 unspecified atom stereocenters. The molecule has 0 N–H and O–H groups in total. The van der Waals surface area contributed by atoms with Crippen molar-refractivity contribution >= 4 is 44.6 Å². The van der Waals surface area contributed by atoms with Gasteiger partial charge in [-0.3, -0.25) is 0 Å². The lowest BCUT2D eigenvalue weighted by Crippen LogP contribution is -2.09. The molecule has 0 aliphatic carbocycles. The van der Waals surface area contributed by atoms with Crippen LogP contribution in [0, 0.1) is 29.2 Å². The maximum absolute atomic E-state index is 9.38. The Morgan fingerprint density at radius 1 is 0.500 bits per heavy atom. The summed E-state index contributed by atoms with van der Waals surface area (Å²) >= 11 is 0. The van der Waals surface area contributed by atoms with Gasteiger partial charge in [-0.05, 0) is 109 Å². The third-order valence-electron chi connectivity index (χ3n) is 9.88. The van der Waals surface area contributed by atoms with Crippen LogP contribution in [0.4, 0.5) is 22.7 Å². The summed E-state index contributed by atoms with van der Waals surface area (Å²) in [7, 11) is 0. The summed E-state index contributed by atoms with van der Waals surface area (Å²) in [5, 5.41) is 20.9. The van der Waals surface area contributed by atoms with Gasteiger partial charge in [0.25, 0.3) is 0 Å². The molecule has 7 heteroatoms. The summed E-state index contributed by atoms with van der Waals surface area (Å²) in [4.78, 5) is 16.2. The molecule has 0 bridgehead atoms. The van der Waals surface area contributed by atoms with Gasteiger partial charge in [-0.1, -0.05) is 72.8 Å². The molecule has 9 rings (SSSR count). The van der Waals surface area contributed by atoms with E-state index in [9.17, 15) is 10.5 Å². The van der Waals surface area contributed by atoms with Crippen LogP contribution in [-0.4, -0.2) is 14.5 Å². The molecule has 260 valence electrons. The number of aromatic nitrogens is 3. The number of hydrogen-bond acceptors (Lipinski definition) is 5. The van der Waals surface area contributed by atoms with Crippen molar-refractivity contribution in [2.45, 2.75) is 0 Å². The van der Waals surface area contributed by atoms with Crippen LogP contribution in [0.25, 0.3) is 66.2 Å². The average molecular weight is 716 g/mol. The first-order chi connectivity index (χ1) is 27.6. The second kappa shape index (κ2) is 14.3. The van der Waals surface area contributed by atoms with Crippen LogP contribution in [0.3, 0.4) is 0 Å². The number of hydrogen-bond donors (Lipinski definition) is 0. The van der Waals surface area contributed by atoms with Gasteiger partial charge in [0.05, 0.1) is 57.9 Å². The minimum absolute atomic E-state index is 0.475. The van der Waals surface area contributed by atoms with E-state index in [1.54, 1.807) is 24.3 Å². The van der Waals surface area contributed by atoms with E-state index in [1.165, 1.54) is 0 Å². The van der Waals surface area contributed by atoms with Crippen LogP contribution in [-0.2, 0) is 0 Å². The molecule has 0 amide bonds. The summed E-state index contributed by atoms with van der Waals surface area (Å²) in [6.07, 6.45) is 0. The van der Waals surface area contributed by atoms with Crippen molar-refractivity contribution in [2.75, 3.05) is 4.90 Å². The Hall–Kier alpha value is -8.31. The highest BCUT2D eigenvalue weighted by Gasteiger charge is 2.20. The topological polar surface area (TPSA) is 85.9 Å². The molecule has 0 aliphatic rings. The Morgan fingerprint density at radius 2 is 1.05 bits per heavy atom. The minimum Gasteiger partial charge on any atom is -0.319 e. The molecule has 2 heterocycles. The third kappa shape index (κ3) is 6.06. The second-order valence-corrected chi connectivity index (χ2v) is 13.2. The van der Waals surface area contributed by atoms with E-state index < -0.39 is 0 Å². The number of rotatable bonds is 7. The van der Waals surface area contributed by atoms with Crippen LogP contribution in [0.1, 0.15) is 11.1 Å². The Labute approximate surface area is 323 Å². The van der Waals surface area contributed by atoms with Crippen LogP contribution >= 0.6 is 0 Å². The van der Waals surface area contributed by atoms with Gasteiger partial charge >= 0.3 is 0 Å². The minimum atomic E-state index is 0.475. The summed E-state index contributed by atoms with van der Waals surface area (Å²) in [6, 6.07) is 62.1. The van der Waals surface area contributed by atoms with E-state index in [4.69, 9.17) is 16.5 Å². The lowest BCUT2D eigenvalue weighted by Gasteiger charge is -2.25. The fourth-order valence-electron chi connectivity index (χ4n) is 7.20. The van der Waals surface area contributed by atoms with E-state index in [0.29, 0.717) is 34.0 Å². The van der Waals surface area contributed by atoms with E-state index in [1.807, 2.05) is 91.0 Å². The van der Waals surface area contributed by atoms with E-state index in [-0.39, 0.29) is 0 Å². The standard InChI is InChI=1S/C49H29N7/c1-52-45-28-37(44-30-43(35-20-16-33(31-50)17-21-35)53-49(54-44)36-22-18-34(32-51)19-23-36)24-26-48(45)56-46-15-9-8-14-41(46)42-29-40(25-27-47(42)56)55(38-10-4-2-5-11-38)39-12-6-3-7-13-39/h2-30H. The molecule has 0 saturated carbocycles. The van der Waals surface area contributed by atoms with Crippen LogP contribution in [0.5, 0.6) is 0 Å². The Kier molecular flexibility index (Phi) is 8.53. The maximum atomic E-state index is 9.38. The largest absolute Gasteiger partial charge is 0.319 e. The van der Waals surface area contributed by atoms with Crippen LogP contribution in [0.2, 0.25) is 0 Å². The maximum Gasteiger partial charge on any atom is 0.211 e. The van der Waals surface area contributed by atoms with Gasteiger partial charge in [-0.2, -0.15) is 10.5 Å². The van der Waals surface area contributed by atoms with Gasteiger partial charge in [0, 0.05) is 39.0 Å². The van der Waals surface area contributed by atoms with Crippen molar-refractivity contribution in [3.8, 4) is 51.7 Å². The van der Waals surface area contributed by atoms with Gasteiger partial charge < -0.3 is 9.47 Å². The lowest BCUT2D eigenvalue weighted by atomic mass is 10.0. The number of fused-ring (bicyclic) bond motifs is 3. The van der Waals surface area contributed by atoms with Gasteiger partial charge in [0.1, 0.15) is 0 Å². The monoisotopic (exact) mass is 715 g/mol. The van der Waals surface area contributed by atoms with Crippen LogP contribution in [0.15, 0.2) is 176 Å². The number of anilines is 3. The first kappa shape index (κ1) is 33.5. The molecule has 0 atom stereocenters. The Bertz CT molecular complexity index is 2920. The van der Waals surface area contributed by atoms with Gasteiger partial charge in [-0.25, -0.2) is 14.8 Å². The fourth-order valence-corrected chi connectivity index (χ4v) is 7.20. The predicted octanol–water partition coefficient (Wildman–Crippen LogP) is 12.3. The molecule has 0 radical (unpaired) electrons. The van der Waals surface area contributed by atoms with Gasteiger partial charge in [0.2, 0.25) is 5.69 Å². The summed E-state index contributed by atoms with van der Waals surface area (Å²) < 4.78 is 2.17. The molecule has 2 aromatic heterocycles. The first-order valence-electron chi connectivity index (χ1n) is 18.0. The lowest BCUT2D eigenvalue weighted by molar-refractivity contribution is 1.17. The Balaban J connectivity index is 1.19. The molecule has 0 fully saturated rings. The molecule has 0 aliphatic heterocycles. The van der Waals surface area contributed by atoms with Crippen molar-refractivity contribution in [1.82, 2.24) is 14.5 Å². The van der Waals surface area contributed by atoms with Gasteiger partial charge in [0.15, 0.2) is 5.82 Å². The van der Waals surface area contributed by atoms with E-state index >= 15 is 0 Å². The summed E-state index contributed by atoms with van der Waals surface area (Å²) in [5.41, 5.74) is 11.1. The summed E-state index contributed by atoms with van der Waals surface area (Å²) in [5.74, 6) is 0.484. The summed E-state index contributed by atoms with van der Waals surface area (Å²) in [6.45, 7) is 8.39. The van der Waals surface area contributed by atoms with Gasteiger partial charge in [-0.15, -0.1) is 0 Å². The zero-order valence-corrected chi connectivity index (χ0v) is 29.9. The molecule has 56 heavy (non-hydrogen) atoms. The van der Waals surface area contributed by atoms with Crippen molar-refractivity contribution in [3.05, 3.63) is 198 Å². The molecular weight excluding hydrogens is 687 g/mol. The molecule has 7 nitrogen and oxygen atoms in total. The fraction of sp³-hybridized carbons (Fsp3) is 0. The zero-order chi connectivity index (χ0) is 38.0. The number of nitriles is 2. The highest BCUT2D eigenvalue weighted by atomic mass is 15.1. The van der Waals surface area contributed by atoms with Crippen molar-refractivity contribution in [1.29, 1.82) is 10.5 Å². The number of para-hydroxylation sites is 3. The molecule has 7 aromatic carbocycles. The van der Waals surface area contributed by atoms with Crippen molar-refractivity contribution < 1.29 is 0 Å². The molecule has 0 spiro atoms. The van der Waals surface area contributed by atoms with Crippen LogP contribution < -0.4 is 4.90 Å². The first-order valence-corrected chi connectivity index (χ1v) is 18.0.